The molecule has 0 fully saturated rings. The molecular weight excluding hydrogens is 236 g/mol. The monoisotopic (exact) mass is 252 g/mol. The molecule has 0 unspecified atom stereocenters. The summed E-state index contributed by atoms with van der Waals surface area (Å²) in [6, 6.07) is 5.11. The number of hydrogen-bond donors (Lipinski definition) is 3. The number of H-pyrrole nitrogens is 1. The summed E-state index contributed by atoms with van der Waals surface area (Å²) < 4.78 is 4.91. The van der Waals surface area contributed by atoms with Gasteiger partial charge in [0.15, 0.2) is 5.58 Å². The highest BCUT2D eigenvalue weighted by atomic mass is 16.4. The topological polar surface area (TPSA) is 89.7 Å². The number of fused-ring (bicyclic) bond motifs is 1. The number of rotatable bonds is 5. The Hall–Kier alpha value is -1.63. The number of aromatic nitrogens is 1. The first-order valence-corrected chi connectivity index (χ1v) is 5.67. The Kier molecular flexibility index (Phi) is 3.81. The van der Waals surface area contributed by atoms with Gasteiger partial charge in [0.25, 0.3) is 0 Å². The minimum atomic E-state index is -0.473. The van der Waals surface area contributed by atoms with Gasteiger partial charge in [0.1, 0.15) is 0 Å². The number of likely N-dealkylation sites (N-methyl/N-ethyl adjacent to an activating group) is 1. The Bertz CT molecular complexity index is 571. The van der Waals surface area contributed by atoms with Crippen LogP contribution >= 0.6 is 0 Å². The minimum absolute atomic E-state index is 0.0994. The Balaban J connectivity index is 2.18. The largest absolute Gasteiger partial charge is 0.417 e. The Morgan fingerprint density at radius 3 is 2.78 bits per heavy atom. The van der Waals surface area contributed by atoms with Gasteiger partial charge in [0.05, 0.1) is 24.8 Å². The number of aliphatic hydroxyl groups is 2. The third-order valence-electron chi connectivity index (χ3n) is 2.96. The highest BCUT2D eigenvalue weighted by Gasteiger charge is 2.13. The van der Waals surface area contributed by atoms with E-state index in [1.807, 2.05) is 24.1 Å². The van der Waals surface area contributed by atoms with Crippen LogP contribution in [0.4, 0.5) is 0 Å². The zero-order chi connectivity index (χ0) is 13.1. The third-order valence-corrected chi connectivity index (χ3v) is 2.96. The van der Waals surface area contributed by atoms with Crippen molar-refractivity contribution in [3.05, 3.63) is 34.3 Å². The second-order valence-corrected chi connectivity index (χ2v) is 4.28. The Morgan fingerprint density at radius 1 is 1.39 bits per heavy atom. The van der Waals surface area contributed by atoms with E-state index in [-0.39, 0.29) is 19.3 Å². The molecule has 6 heteroatoms. The first-order chi connectivity index (χ1) is 8.63. The molecule has 1 aromatic carbocycles. The molecular formula is C12H16N2O4. The van der Waals surface area contributed by atoms with Crippen LogP contribution in [0.5, 0.6) is 0 Å². The average Bonchev–Trinajstić information content (AvgIpc) is 2.70. The molecule has 0 amide bonds. The summed E-state index contributed by atoms with van der Waals surface area (Å²) >= 11 is 0. The van der Waals surface area contributed by atoms with E-state index in [1.54, 1.807) is 6.07 Å². The first kappa shape index (κ1) is 12.8. The van der Waals surface area contributed by atoms with Gasteiger partial charge >= 0.3 is 5.76 Å². The van der Waals surface area contributed by atoms with Gasteiger partial charge in [-0.15, -0.1) is 0 Å². The molecule has 18 heavy (non-hydrogen) atoms. The SMILES string of the molecule is CN(Cc1ccc2oc(=O)[nH]c2c1)C(CO)CO. The van der Waals surface area contributed by atoms with Crippen molar-refractivity contribution in [2.45, 2.75) is 12.6 Å². The van der Waals surface area contributed by atoms with Gasteiger partial charge in [-0.1, -0.05) is 6.07 Å². The highest BCUT2D eigenvalue weighted by molar-refractivity contribution is 5.72. The zero-order valence-corrected chi connectivity index (χ0v) is 10.1. The van der Waals surface area contributed by atoms with Gasteiger partial charge < -0.3 is 14.6 Å². The van der Waals surface area contributed by atoms with Crippen molar-refractivity contribution in [3.8, 4) is 0 Å². The second kappa shape index (κ2) is 5.34. The number of benzene rings is 1. The first-order valence-electron chi connectivity index (χ1n) is 5.67. The molecule has 0 saturated heterocycles. The smallest absolute Gasteiger partial charge is 0.408 e. The van der Waals surface area contributed by atoms with E-state index in [4.69, 9.17) is 14.6 Å². The molecule has 2 aromatic rings. The molecule has 0 radical (unpaired) electrons. The maximum Gasteiger partial charge on any atom is 0.417 e. The third kappa shape index (κ3) is 2.61. The van der Waals surface area contributed by atoms with E-state index in [2.05, 4.69) is 4.98 Å². The summed E-state index contributed by atoms with van der Waals surface area (Å²) in [4.78, 5) is 15.5. The zero-order valence-electron chi connectivity index (χ0n) is 10.1. The molecule has 1 heterocycles. The van der Waals surface area contributed by atoms with Crippen LogP contribution in [-0.2, 0) is 6.54 Å². The lowest BCUT2D eigenvalue weighted by atomic mass is 10.1. The van der Waals surface area contributed by atoms with Crippen molar-refractivity contribution in [2.24, 2.45) is 0 Å². The lowest BCUT2D eigenvalue weighted by molar-refractivity contribution is 0.0874. The van der Waals surface area contributed by atoms with Gasteiger partial charge in [-0.25, -0.2) is 4.79 Å². The van der Waals surface area contributed by atoms with E-state index in [0.29, 0.717) is 17.6 Å². The molecule has 0 aliphatic carbocycles. The van der Waals surface area contributed by atoms with Crippen molar-refractivity contribution in [1.82, 2.24) is 9.88 Å². The van der Waals surface area contributed by atoms with Crippen LogP contribution in [0.15, 0.2) is 27.4 Å². The fourth-order valence-corrected chi connectivity index (χ4v) is 1.85. The predicted octanol–water partition coefficient (Wildman–Crippen LogP) is -0.0939. The van der Waals surface area contributed by atoms with Crippen LogP contribution in [-0.4, -0.2) is 46.4 Å². The summed E-state index contributed by atoms with van der Waals surface area (Å²) in [7, 11) is 1.82. The highest BCUT2D eigenvalue weighted by Crippen LogP contribution is 2.14. The molecule has 6 nitrogen and oxygen atoms in total. The van der Waals surface area contributed by atoms with E-state index in [0.717, 1.165) is 5.56 Å². The van der Waals surface area contributed by atoms with Crippen molar-refractivity contribution in [2.75, 3.05) is 20.3 Å². The van der Waals surface area contributed by atoms with Crippen LogP contribution in [0.2, 0.25) is 0 Å². The summed E-state index contributed by atoms with van der Waals surface area (Å²) in [5, 5.41) is 18.2. The second-order valence-electron chi connectivity index (χ2n) is 4.28. The standard InChI is InChI=1S/C12H16N2O4/c1-14(9(6-15)7-16)5-8-2-3-11-10(4-8)13-12(17)18-11/h2-4,9,15-16H,5-7H2,1H3,(H,13,17). The lowest BCUT2D eigenvalue weighted by Crippen LogP contribution is -2.37. The van der Waals surface area contributed by atoms with Gasteiger partial charge in [0.2, 0.25) is 0 Å². The number of nitrogens with zero attached hydrogens (tertiary/aromatic N) is 1. The minimum Gasteiger partial charge on any atom is -0.408 e. The fraction of sp³-hybridized carbons (Fsp3) is 0.417. The Morgan fingerprint density at radius 2 is 2.11 bits per heavy atom. The summed E-state index contributed by atoms with van der Waals surface area (Å²) in [6.07, 6.45) is 0. The normalized spacial score (nSPS) is 11.8. The molecule has 0 spiro atoms. The van der Waals surface area contributed by atoms with E-state index >= 15 is 0 Å². The van der Waals surface area contributed by atoms with E-state index in [9.17, 15) is 4.79 Å². The van der Waals surface area contributed by atoms with Gasteiger partial charge in [-0.05, 0) is 24.7 Å². The fourth-order valence-electron chi connectivity index (χ4n) is 1.85. The van der Waals surface area contributed by atoms with E-state index in [1.165, 1.54) is 0 Å². The number of aromatic amines is 1. The maximum atomic E-state index is 11.0. The van der Waals surface area contributed by atoms with Crippen molar-refractivity contribution in [1.29, 1.82) is 0 Å². The van der Waals surface area contributed by atoms with Crippen molar-refractivity contribution >= 4 is 11.1 Å². The summed E-state index contributed by atoms with van der Waals surface area (Å²) in [5.74, 6) is -0.473. The summed E-state index contributed by atoms with van der Waals surface area (Å²) in [5.41, 5.74) is 2.14. The van der Waals surface area contributed by atoms with Crippen LogP contribution < -0.4 is 5.76 Å². The van der Waals surface area contributed by atoms with Crippen LogP contribution in [0.25, 0.3) is 11.1 Å². The number of hydrogen-bond acceptors (Lipinski definition) is 5. The van der Waals surface area contributed by atoms with Crippen molar-refractivity contribution in [3.63, 3.8) is 0 Å². The van der Waals surface area contributed by atoms with Crippen LogP contribution in [0.3, 0.4) is 0 Å². The molecule has 2 rings (SSSR count). The number of aliphatic hydroxyl groups excluding tert-OH is 2. The van der Waals surface area contributed by atoms with Gasteiger partial charge in [-0.3, -0.25) is 9.88 Å². The van der Waals surface area contributed by atoms with Gasteiger partial charge in [0, 0.05) is 6.54 Å². The molecule has 3 N–H and O–H groups in total. The molecule has 0 saturated carbocycles. The maximum absolute atomic E-state index is 11.0. The Labute approximate surface area is 103 Å². The van der Waals surface area contributed by atoms with E-state index < -0.39 is 5.76 Å². The molecule has 0 bridgehead atoms. The summed E-state index contributed by atoms with van der Waals surface area (Å²) in [6.45, 7) is 0.366. The molecule has 0 aliphatic rings. The number of oxazole rings is 1. The lowest BCUT2D eigenvalue weighted by Gasteiger charge is -2.24. The van der Waals surface area contributed by atoms with Crippen LogP contribution in [0.1, 0.15) is 5.56 Å². The quantitative estimate of drug-likeness (QED) is 0.691. The predicted molar refractivity (Wildman–Crippen MR) is 66.3 cm³/mol. The van der Waals surface area contributed by atoms with Crippen molar-refractivity contribution < 1.29 is 14.6 Å². The molecule has 0 atom stereocenters. The average molecular weight is 252 g/mol. The molecule has 0 aliphatic heterocycles. The molecule has 1 aromatic heterocycles. The van der Waals surface area contributed by atoms with Gasteiger partial charge in [-0.2, -0.15) is 0 Å². The molecule has 98 valence electrons. The number of nitrogens with one attached hydrogen (secondary N) is 1. The van der Waals surface area contributed by atoms with Crippen LogP contribution in [0, 0.1) is 0 Å².